The Morgan fingerprint density at radius 2 is 1.25 bits per heavy atom. The normalized spacial score (nSPS) is 29.3. The fourth-order valence-corrected chi connectivity index (χ4v) is 2.59. The average Bonchev–Trinajstić information content (AvgIpc) is 2.42. The minimum atomic E-state index is -1.16. The molecule has 1 unspecified atom stereocenters. The molecule has 0 aromatic rings. The maximum absolute atomic E-state index is 11.4. The second-order valence-corrected chi connectivity index (χ2v) is 5.60. The lowest BCUT2D eigenvalue weighted by Gasteiger charge is -2.42. The van der Waals surface area contributed by atoms with Crippen LogP contribution in [0.15, 0.2) is 0 Å². The van der Waals surface area contributed by atoms with Crippen LogP contribution in [0.5, 0.6) is 0 Å². The minimum absolute atomic E-state index is 0.255. The molecule has 0 aromatic heterocycles. The van der Waals surface area contributed by atoms with Gasteiger partial charge in [-0.25, -0.2) is 0 Å². The van der Waals surface area contributed by atoms with Crippen LogP contribution in [0, 0.1) is 0 Å². The molecule has 24 heavy (non-hydrogen) atoms. The summed E-state index contributed by atoms with van der Waals surface area (Å²) in [5, 5.41) is 0. The Morgan fingerprint density at radius 1 is 0.792 bits per heavy atom. The van der Waals surface area contributed by atoms with Gasteiger partial charge in [0.15, 0.2) is 18.3 Å². The molecule has 9 nitrogen and oxygen atoms in total. The summed E-state index contributed by atoms with van der Waals surface area (Å²) in [5.41, 5.74) is -0.981. The first-order valence-electron chi connectivity index (χ1n) is 7.10. The summed E-state index contributed by atoms with van der Waals surface area (Å²) >= 11 is 4.18. The van der Waals surface area contributed by atoms with Gasteiger partial charge in [0.05, 0.1) is 0 Å². The zero-order valence-electron chi connectivity index (χ0n) is 13.7. The maximum Gasteiger partial charge on any atom is 0.303 e. The largest absolute Gasteiger partial charge is 0.463 e. The van der Waals surface area contributed by atoms with Crippen LogP contribution in [0.4, 0.5) is 0 Å². The lowest BCUT2D eigenvalue weighted by atomic mass is 9.99. The predicted octanol–water partition coefficient (Wildman–Crippen LogP) is -0.000700. The summed E-state index contributed by atoms with van der Waals surface area (Å²) in [5.74, 6) is -2.57. The number of ether oxygens (including phenoxy) is 5. The molecule has 0 aromatic carbocycles. The molecule has 0 bridgehead atoms. The highest BCUT2D eigenvalue weighted by atomic mass is 32.1. The highest BCUT2D eigenvalue weighted by molar-refractivity contribution is 7.80. The highest BCUT2D eigenvalue weighted by Crippen LogP contribution is 2.30. The maximum atomic E-state index is 11.4. The monoisotopic (exact) mass is 364 g/mol. The van der Waals surface area contributed by atoms with Crippen molar-refractivity contribution in [2.24, 2.45) is 0 Å². The van der Waals surface area contributed by atoms with E-state index in [0.717, 1.165) is 20.8 Å². The number of esters is 4. The van der Waals surface area contributed by atoms with Crippen LogP contribution in [0.1, 0.15) is 27.7 Å². The quantitative estimate of drug-likeness (QED) is 0.409. The Hall–Kier alpha value is -1.81. The van der Waals surface area contributed by atoms with Crippen LogP contribution in [-0.4, -0.2) is 60.3 Å². The summed E-state index contributed by atoms with van der Waals surface area (Å²) in [6, 6.07) is 0. The van der Waals surface area contributed by atoms with Gasteiger partial charge in [-0.2, -0.15) is 0 Å². The smallest absolute Gasteiger partial charge is 0.303 e. The van der Waals surface area contributed by atoms with Crippen LogP contribution in [0.2, 0.25) is 0 Å². The molecule has 1 aliphatic rings. The molecule has 0 N–H and O–H groups in total. The van der Waals surface area contributed by atoms with Crippen molar-refractivity contribution in [2.45, 2.75) is 57.5 Å². The van der Waals surface area contributed by atoms with Crippen molar-refractivity contribution in [3.63, 3.8) is 0 Å². The fraction of sp³-hybridized carbons (Fsp3) is 0.714. The van der Waals surface area contributed by atoms with Crippen molar-refractivity contribution >= 4 is 36.5 Å². The van der Waals surface area contributed by atoms with Crippen LogP contribution in [0.3, 0.4) is 0 Å². The van der Waals surface area contributed by atoms with Crippen molar-refractivity contribution in [3.05, 3.63) is 0 Å². The van der Waals surface area contributed by atoms with E-state index in [9.17, 15) is 19.2 Å². The lowest BCUT2D eigenvalue weighted by molar-refractivity contribution is -0.237. The average molecular weight is 364 g/mol. The van der Waals surface area contributed by atoms with E-state index in [1.165, 1.54) is 6.92 Å². The molecule has 1 rings (SSSR count). The number of carbonyl (C=O) groups excluding carboxylic acids is 4. The number of thiol groups is 1. The molecular formula is C14H20O9S. The van der Waals surface area contributed by atoms with E-state index in [4.69, 9.17) is 23.7 Å². The third-order valence-electron chi connectivity index (χ3n) is 2.97. The molecule has 1 fully saturated rings. The van der Waals surface area contributed by atoms with Gasteiger partial charge in [-0.05, 0) is 0 Å². The third kappa shape index (κ3) is 6.00. The molecule has 10 heteroatoms. The number of rotatable bonds is 5. The van der Waals surface area contributed by atoms with Crippen molar-refractivity contribution in [1.29, 1.82) is 0 Å². The highest BCUT2D eigenvalue weighted by Gasteiger charge is 2.51. The predicted molar refractivity (Wildman–Crippen MR) is 80.9 cm³/mol. The fourth-order valence-electron chi connectivity index (χ4n) is 2.21. The Kier molecular flexibility index (Phi) is 7.49. The van der Waals surface area contributed by atoms with Gasteiger partial charge in [0.2, 0.25) is 0 Å². The number of hydrogen-bond acceptors (Lipinski definition) is 10. The first-order valence-corrected chi connectivity index (χ1v) is 7.62. The van der Waals surface area contributed by atoms with Crippen molar-refractivity contribution in [2.75, 3.05) is 6.61 Å². The molecule has 136 valence electrons. The molecule has 0 spiro atoms. The second-order valence-electron chi connectivity index (χ2n) is 5.09. The molecule has 0 radical (unpaired) electrons. The lowest BCUT2D eigenvalue weighted by Crippen LogP contribution is -2.61. The number of carbonyl (C=O) groups is 4. The Balaban J connectivity index is 3.11. The molecule has 5 atom stereocenters. The molecule has 0 amide bonds. The zero-order chi connectivity index (χ0) is 18.4. The van der Waals surface area contributed by atoms with Gasteiger partial charge >= 0.3 is 23.9 Å². The topological polar surface area (TPSA) is 114 Å². The SMILES string of the molecule is CC(=O)OC[C@H]1OC(S)[C@H](OC(C)=O)[C@@H](OC(C)=O)[C@@H]1OC(C)=O. The van der Waals surface area contributed by atoms with Crippen LogP contribution >= 0.6 is 12.6 Å². The van der Waals surface area contributed by atoms with Crippen LogP contribution < -0.4 is 0 Å². The van der Waals surface area contributed by atoms with Gasteiger partial charge in [-0.1, -0.05) is 0 Å². The van der Waals surface area contributed by atoms with Crippen molar-refractivity contribution < 1.29 is 42.9 Å². The van der Waals surface area contributed by atoms with E-state index in [1.54, 1.807) is 0 Å². The Bertz CT molecular complexity index is 506. The summed E-state index contributed by atoms with van der Waals surface area (Å²) in [4.78, 5) is 45.1. The van der Waals surface area contributed by atoms with E-state index in [1.807, 2.05) is 0 Å². The van der Waals surface area contributed by atoms with Crippen LogP contribution in [-0.2, 0) is 42.9 Å². The van der Waals surface area contributed by atoms with Crippen molar-refractivity contribution in [1.82, 2.24) is 0 Å². The summed E-state index contributed by atoms with van der Waals surface area (Å²) in [6.45, 7) is 4.42. The molecular weight excluding hydrogens is 344 g/mol. The molecule has 1 aliphatic heterocycles. The molecule has 0 saturated carbocycles. The second kappa shape index (κ2) is 8.88. The van der Waals surface area contributed by atoms with Gasteiger partial charge in [0.1, 0.15) is 18.1 Å². The summed E-state index contributed by atoms with van der Waals surface area (Å²) in [7, 11) is 0. The van der Waals surface area contributed by atoms with E-state index in [0.29, 0.717) is 0 Å². The first-order chi connectivity index (χ1) is 11.1. The van der Waals surface area contributed by atoms with Gasteiger partial charge in [0, 0.05) is 27.7 Å². The van der Waals surface area contributed by atoms with E-state index < -0.39 is 53.7 Å². The van der Waals surface area contributed by atoms with E-state index in [2.05, 4.69) is 12.6 Å². The first kappa shape index (κ1) is 20.2. The van der Waals surface area contributed by atoms with Gasteiger partial charge in [-0.3, -0.25) is 19.2 Å². The van der Waals surface area contributed by atoms with Crippen LogP contribution in [0.25, 0.3) is 0 Å². The van der Waals surface area contributed by atoms with Crippen molar-refractivity contribution in [3.8, 4) is 0 Å². The standard InChI is InChI=1S/C14H20O9S/c1-6(15)19-5-10-11(20-7(2)16)12(21-8(3)17)13(14(24)23-10)22-9(4)18/h10-14,24H,5H2,1-4H3/t10-,11-,12+,13-,14?/m1/s1. The summed E-state index contributed by atoms with van der Waals surface area (Å²) < 4.78 is 25.8. The van der Waals surface area contributed by atoms with Gasteiger partial charge in [0.25, 0.3) is 0 Å². The Morgan fingerprint density at radius 3 is 1.71 bits per heavy atom. The van der Waals surface area contributed by atoms with Gasteiger partial charge < -0.3 is 23.7 Å². The minimum Gasteiger partial charge on any atom is -0.463 e. The number of hydrogen-bond donors (Lipinski definition) is 1. The van der Waals surface area contributed by atoms with E-state index >= 15 is 0 Å². The molecule has 1 saturated heterocycles. The molecule has 0 aliphatic carbocycles. The third-order valence-corrected chi connectivity index (χ3v) is 3.38. The molecule has 1 heterocycles. The van der Waals surface area contributed by atoms with Gasteiger partial charge in [-0.15, -0.1) is 12.6 Å². The zero-order valence-corrected chi connectivity index (χ0v) is 14.6. The van der Waals surface area contributed by atoms with E-state index in [-0.39, 0.29) is 6.61 Å². The Labute approximate surface area is 144 Å². The summed E-state index contributed by atoms with van der Waals surface area (Å²) in [6.07, 6.45) is -4.35.